The van der Waals surface area contributed by atoms with E-state index in [0.717, 1.165) is 0 Å². The van der Waals surface area contributed by atoms with E-state index in [0.29, 0.717) is 18.5 Å². The van der Waals surface area contributed by atoms with Gasteiger partial charge < -0.3 is 9.64 Å². The van der Waals surface area contributed by atoms with Gasteiger partial charge in [0.25, 0.3) is 11.6 Å². The summed E-state index contributed by atoms with van der Waals surface area (Å²) in [5.41, 5.74) is 0.298. The Kier molecular flexibility index (Phi) is 5.96. The van der Waals surface area contributed by atoms with Crippen LogP contribution < -0.4 is 0 Å². The van der Waals surface area contributed by atoms with Crippen LogP contribution in [0.3, 0.4) is 0 Å². The third-order valence-corrected chi connectivity index (χ3v) is 6.02. The number of carbonyl (C=O) groups excluding carboxylic acids is 2. The number of hydrogen-bond donors (Lipinski definition) is 0. The van der Waals surface area contributed by atoms with Gasteiger partial charge >= 0.3 is 5.97 Å². The lowest BCUT2D eigenvalue weighted by atomic mass is 10.1. The fourth-order valence-corrected chi connectivity index (χ4v) is 4.67. The largest absolute Gasteiger partial charge is 0.452 e. The number of likely N-dealkylation sites (N-methyl/N-ethyl adjacent to an activating group) is 1. The second kappa shape index (κ2) is 7.81. The van der Waals surface area contributed by atoms with Crippen molar-refractivity contribution in [3.63, 3.8) is 0 Å². The summed E-state index contributed by atoms with van der Waals surface area (Å²) in [6.45, 7) is 3.02. The highest BCUT2D eigenvalue weighted by Gasteiger charge is 2.34. The van der Waals surface area contributed by atoms with Crippen LogP contribution in [-0.4, -0.2) is 60.8 Å². The van der Waals surface area contributed by atoms with Crippen molar-refractivity contribution < 1.29 is 27.7 Å². The molecule has 0 spiro atoms. The summed E-state index contributed by atoms with van der Waals surface area (Å²) < 4.78 is 28.1. The fraction of sp³-hybridized carbons (Fsp3) is 0.500. The zero-order valence-corrected chi connectivity index (χ0v) is 15.3. The lowest BCUT2D eigenvalue weighted by Crippen LogP contribution is -2.43. The summed E-state index contributed by atoms with van der Waals surface area (Å²) in [5, 5.41) is 10.8. The average Bonchev–Trinajstić information content (AvgIpc) is 2.92. The van der Waals surface area contributed by atoms with Crippen molar-refractivity contribution in [3.05, 3.63) is 39.4 Å². The van der Waals surface area contributed by atoms with Crippen LogP contribution in [0, 0.1) is 17.0 Å². The molecular weight excluding hydrogens is 364 g/mol. The van der Waals surface area contributed by atoms with Crippen LogP contribution in [0.4, 0.5) is 5.69 Å². The van der Waals surface area contributed by atoms with E-state index in [1.54, 1.807) is 6.92 Å². The topological polar surface area (TPSA) is 124 Å². The maximum Gasteiger partial charge on any atom is 0.338 e. The summed E-state index contributed by atoms with van der Waals surface area (Å²) in [5.74, 6) is -1.28. The molecular formula is C16H20N2O7S. The molecule has 0 aromatic heterocycles. The molecule has 0 bridgehead atoms. The van der Waals surface area contributed by atoms with Gasteiger partial charge in [-0.1, -0.05) is 0 Å². The standard InChI is InChI=1S/C16H20N2O7S/c1-3-17(13-6-7-26(23,24)10-13)15(19)9-25-16(20)12-4-5-14(18(21)22)11(2)8-12/h4-5,8,13H,3,6-7,9-10H2,1-2H3/t13-/m1/s1. The van der Waals surface area contributed by atoms with Crippen LogP contribution in [0.5, 0.6) is 0 Å². The number of amides is 1. The number of aryl methyl sites for hydroxylation is 1. The normalized spacial score (nSPS) is 18.3. The van der Waals surface area contributed by atoms with Crippen LogP contribution in [0.2, 0.25) is 0 Å². The first-order valence-corrected chi connectivity index (χ1v) is 9.89. The molecule has 0 N–H and O–H groups in total. The van der Waals surface area contributed by atoms with Crippen molar-refractivity contribution in [2.24, 2.45) is 0 Å². The van der Waals surface area contributed by atoms with E-state index in [9.17, 15) is 28.1 Å². The maximum absolute atomic E-state index is 12.3. The Balaban J connectivity index is 1.98. The first-order chi connectivity index (χ1) is 12.1. The van der Waals surface area contributed by atoms with Gasteiger partial charge in [0.05, 0.1) is 22.0 Å². The Hall–Kier alpha value is -2.49. The van der Waals surface area contributed by atoms with Gasteiger partial charge in [0.15, 0.2) is 16.4 Å². The number of benzene rings is 1. The van der Waals surface area contributed by atoms with Crippen molar-refractivity contribution in [1.82, 2.24) is 4.90 Å². The molecule has 26 heavy (non-hydrogen) atoms. The Morgan fingerprint density at radius 1 is 1.38 bits per heavy atom. The molecule has 142 valence electrons. The van der Waals surface area contributed by atoms with E-state index < -0.39 is 39.3 Å². The zero-order chi connectivity index (χ0) is 19.5. The Morgan fingerprint density at radius 2 is 2.08 bits per heavy atom. The van der Waals surface area contributed by atoms with Crippen molar-refractivity contribution in [3.8, 4) is 0 Å². The molecule has 0 radical (unpaired) electrons. The second-order valence-corrected chi connectivity index (χ2v) is 8.30. The highest BCUT2D eigenvalue weighted by atomic mass is 32.2. The van der Waals surface area contributed by atoms with E-state index in [1.165, 1.54) is 30.0 Å². The van der Waals surface area contributed by atoms with Gasteiger partial charge in [-0.15, -0.1) is 0 Å². The Morgan fingerprint density at radius 3 is 2.58 bits per heavy atom. The van der Waals surface area contributed by atoms with E-state index >= 15 is 0 Å². The molecule has 0 saturated carbocycles. The molecule has 10 heteroatoms. The summed E-state index contributed by atoms with van der Waals surface area (Å²) >= 11 is 0. The predicted molar refractivity (Wildman–Crippen MR) is 92.6 cm³/mol. The molecule has 0 unspecified atom stereocenters. The van der Waals surface area contributed by atoms with Crippen molar-refractivity contribution in [1.29, 1.82) is 0 Å². The molecule has 1 heterocycles. The highest BCUT2D eigenvalue weighted by molar-refractivity contribution is 7.91. The molecule has 1 fully saturated rings. The van der Waals surface area contributed by atoms with Crippen LogP contribution in [0.1, 0.15) is 29.3 Å². The second-order valence-electron chi connectivity index (χ2n) is 6.07. The predicted octanol–water partition coefficient (Wildman–Crippen LogP) is 1.10. The van der Waals surface area contributed by atoms with Crippen LogP contribution in [0.15, 0.2) is 18.2 Å². The van der Waals surface area contributed by atoms with Gasteiger partial charge in [0, 0.05) is 24.2 Å². The molecule has 1 atom stereocenters. The monoisotopic (exact) mass is 384 g/mol. The first kappa shape index (κ1) is 19.8. The smallest absolute Gasteiger partial charge is 0.338 e. The van der Waals surface area contributed by atoms with Gasteiger partial charge in [0.1, 0.15) is 0 Å². The van der Waals surface area contributed by atoms with E-state index in [-0.39, 0.29) is 22.8 Å². The Bertz CT molecular complexity index is 835. The molecule has 1 aromatic rings. The van der Waals surface area contributed by atoms with Gasteiger partial charge in [-0.3, -0.25) is 14.9 Å². The molecule has 1 aromatic carbocycles. The van der Waals surface area contributed by atoms with Gasteiger partial charge in [-0.25, -0.2) is 13.2 Å². The van der Waals surface area contributed by atoms with E-state index in [1.807, 2.05) is 0 Å². The molecule has 1 aliphatic heterocycles. The zero-order valence-electron chi connectivity index (χ0n) is 14.5. The first-order valence-electron chi connectivity index (χ1n) is 8.06. The van der Waals surface area contributed by atoms with Crippen molar-refractivity contribution in [2.45, 2.75) is 26.3 Å². The van der Waals surface area contributed by atoms with Crippen molar-refractivity contribution in [2.75, 3.05) is 24.7 Å². The minimum atomic E-state index is -3.13. The number of nitro benzene ring substituents is 1. The lowest BCUT2D eigenvalue weighted by molar-refractivity contribution is -0.385. The number of nitrogens with zero attached hydrogens (tertiary/aromatic N) is 2. The van der Waals surface area contributed by atoms with E-state index in [2.05, 4.69) is 0 Å². The fourth-order valence-electron chi connectivity index (χ4n) is 2.94. The number of esters is 1. The SMILES string of the molecule is CCN(C(=O)COC(=O)c1ccc([N+](=O)[O-])c(C)c1)[C@@H]1CCS(=O)(=O)C1. The third kappa shape index (κ3) is 4.57. The molecule has 0 aliphatic carbocycles. The molecule has 2 rings (SSSR count). The van der Waals surface area contributed by atoms with Crippen LogP contribution in [-0.2, 0) is 19.4 Å². The number of rotatable bonds is 6. The summed E-state index contributed by atoms with van der Waals surface area (Å²) in [6, 6.07) is 3.39. The molecule has 9 nitrogen and oxygen atoms in total. The summed E-state index contributed by atoms with van der Waals surface area (Å²) in [7, 11) is -3.13. The van der Waals surface area contributed by atoms with Crippen LogP contribution >= 0.6 is 0 Å². The number of carbonyl (C=O) groups is 2. The molecule has 1 saturated heterocycles. The molecule has 1 aliphatic rings. The molecule has 1 amide bonds. The minimum absolute atomic E-state index is 0.0449. The average molecular weight is 384 g/mol. The number of ether oxygens (including phenoxy) is 1. The quantitative estimate of drug-likeness (QED) is 0.408. The van der Waals surface area contributed by atoms with Gasteiger partial charge in [-0.2, -0.15) is 0 Å². The minimum Gasteiger partial charge on any atom is -0.452 e. The maximum atomic E-state index is 12.3. The number of hydrogen-bond acceptors (Lipinski definition) is 7. The third-order valence-electron chi connectivity index (χ3n) is 4.27. The number of nitro groups is 1. The van der Waals surface area contributed by atoms with Crippen LogP contribution in [0.25, 0.3) is 0 Å². The van der Waals surface area contributed by atoms with E-state index in [4.69, 9.17) is 4.74 Å². The van der Waals surface area contributed by atoms with Gasteiger partial charge in [0.2, 0.25) is 0 Å². The van der Waals surface area contributed by atoms with Gasteiger partial charge in [-0.05, 0) is 32.4 Å². The summed E-state index contributed by atoms with van der Waals surface area (Å²) in [4.78, 5) is 36.0. The van der Waals surface area contributed by atoms with Crippen molar-refractivity contribution >= 4 is 27.4 Å². The summed E-state index contributed by atoms with van der Waals surface area (Å²) in [6.07, 6.45) is 0.372. The Labute approximate surface area is 151 Å². The number of sulfone groups is 1. The lowest BCUT2D eigenvalue weighted by Gasteiger charge is -2.26. The highest BCUT2D eigenvalue weighted by Crippen LogP contribution is 2.20.